The summed E-state index contributed by atoms with van der Waals surface area (Å²) in [5.74, 6) is 7.17. The summed E-state index contributed by atoms with van der Waals surface area (Å²) in [5.41, 5.74) is 2.03. The van der Waals surface area contributed by atoms with Gasteiger partial charge in [0.1, 0.15) is 5.75 Å². The third-order valence-corrected chi connectivity index (χ3v) is 3.08. The first-order valence-electron chi connectivity index (χ1n) is 5.78. The zero-order valence-corrected chi connectivity index (χ0v) is 12.3. The minimum atomic E-state index is 0.688. The van der Waals surface area contributed by atoms with Crippen LogP contribution in [0.5, 0.6) is 5.75 Å². The molecular formula is C16H13IO. The third kappa shape index (κ3) is 3.78. The van der Waals surface area contributed by atoms with E-state index in [1.165, 1.54) is 3.57 Å². The Hall–Kier alpha value is -1.47. The summed E-state index contributed by atoms with van der Waals surface area (Å²) in [6.07, 6.45) is 0. The number of ether oxygens (including phenoxy) is 1. The van der Waals surface area contributed by atoms with Crippen LogP contribution in [-0.2, 0) is 0 Å². The summed E-state index contributed by atoms with van der Waals surface area (Å²) in [7, 11) is 0. The van der Waals surface area contributed by atoms with Crippen molar-refractivity contribution < 1.29 is 4.74 Å². The summed E-state index contributed by atoms with van der Waals surface area (Å²) in [6, 6.07) is 16.0. The van der Waals surface area contributed by atoms with Crippen LogP contribution in [0.1, 0.15) is 18.1 Å². The molecule has 0 saturated heterocycles. The molecule has 0 atom stereocenters. The molecule has 1 nitrogen and oxygen atoms in total. The van der Waals surface area contributed by atoms with E-state index in [1.807, 2.05) is 43.3 Å². The van der Waals surface area contributed by atoms with Gasteiger partial charge in [-0.3, -0.25) is 0 Å². The molecule has 0 radical (unpaired) electrons. The SMILES string of the molecule is CCOc1ccc(C#Cc2ccc(I)cc2)cc1. The van der Waals surface area contributed by atoms with Gasteiger partial charge >= 0.3 is 0 Å². The molecule has 2 aromatic carbocycles. The van der Waals surface area contributed by atoms with E-state index in [-0.39, 0.29) is 0 Å². The first-order chi connectivity index (χ1) is 8.78. The Labute approximate surface area is 121 Å². The highest BCUT2D eigenvalue weighted by molar-refractivity contribution is 14.1. The summed E-state index contributed by atoms with van der Waals surface area (Å²) < 4.78 is 6.61. The molecule has 0 saturated carbocycles. The van der Waals surface area contributed by atoms with Crippen LogP contribution in [0.4, 0.5) is 0 Å². The second-order valence-electron chi connectivity index (χ2n) is 3.71. The fraction of sp³-hybridized carbons (Fsp3) is 0.125. The average molecular weight is 348 g/mol. The Bertz CT molecular complexity index is 559. The third-order valence-electron chi connectivity index (χ3n) is 2.36. The zero-order chi connectivity index (χ0) is 12.8. The van der Waals surface area contributed by atoms with Gasteiger partial charge in [-0.05, 0) is 78.0 Å². The topological polar surface area (TPSA) is 9.23 Å². The minimum Gasteiger partial charge on any atom is -0.494 e. The molecule has 2 rings (SSSR count). The van der Waals surface area contributed by atoms with Crippen molar-refractivity contribution in [2.24, 2.45) is 0 Å². The summed E-state index contributed by atoms with van der Waals surface area (Å²) >= 11 is 2.29. The molecule has 0 amide bonds. The smallest absolute Gasteiger partial charge is 0.119 e. The molecule has 0 N–H and O–H groups in total. The lowest BCUT2D eigenvalue weighted by Gasteiger charge is -2.01. The van der Waals surface area contributed by atoms with Crippen molar-refractivity contribution in [3.8, 4) is 17.6 Å². The summed E-state index contributed by atoms with van der Waals surface area (Å²) in [4.78, 5) is 0. The van der Waals surface area contributed by atoms with E-state index < -0.39 is 0 Å². The van der Waals surface area contributed by atoms with Gasteiger partial charge < -0.3 is 4.74 Å². The van der Waals surface area contributed by atoms with Crippen LogP contribution < -0.4 is 4.74 Å². The van der Waals surface area contributed by atoms with Gasteiger partial charge in [-0.25, -0.2) is 0 Å². The second kappa shape index (κ2) is 6.46. The highest BCUT2D eigenvalue weighted by Crippen LogP contribution is 2.11. The van der Waals surface area contributed by atoms with Crippen LogP contribution in [-0.4, -0.2) is 6.61 Å². The van der Waals surface area contributed by atoms with Crippen molar-refractivity contribution in [2.45, 2.75) is 6.92 Å². The molecular weight excluding hydrogens is 335 g/mol. The van der Waals surface area contributed by atoms with Crippen molar-refractivity contribution in [1.29, 1.82) is 0 Å². The molecule has 0 spiro atoms. The monoisotopic (exact) mass is 348 g/mol. The quantitative estimate of drug-likeness (QED) is 0.587. The Morgan fingerprint density at radius 2 is 1.39 bits per heavy atom. The minimum absolute atomic E-state index is 0.688. The lowest BCUT2D eigenvalue weighted by molar-refractivity contribution is 0.340. The van der Waals surface area contributed by atoms with Crippen molar-refractivity contribution in [3.05, 3.63) is 63.2 Å². The van der Waals surface area contributed by atoms with Crippen LogP contribution >= 0.6 is 22.6 Å². The predicted octanol–water partition coefficient (Wildman–Crippen LogP) is 4.09. The normalized spacial score (nSPS) is 9.44. The van der Waals surface area contributed by atoms with Gasteiger partial charge in [-0.1, -0.05) is 11.8 Å². The van der Waals surface area contributed by atoms with Crippen LogP contribution in [0.15, 0.2) is 48.5 Å². The van der Waals surface area contributed by atoms with E-state index in [0.717, 1.165) is 16.9 Å². The van der Waals surface area contributed by atoms with Gasteiger partial charge in [0.15, 0.2) is 0 Å². The molecule has 90 valence electrons. The Balaban J connectivity index is 2.12. The highest BCUT2D eigenvalue weighted by atomic mass is 127. The van der Waals surface area contributed by atoms with E-state index in [1.54, 1.807) is 0 Å². The lowest BCUT2D eigenvalue weighted by atomic mass is 10.2. The number of hydrogen-bond donors (Lipinski definition) is 0. The molecule has 18 heavy (non-hydrogen) atoms. The zero-order valence-electron chi connectivity index (χ0n) is 10.1. The lowest BCUT2D eigenvalue weighted by Crippen LogP contribution is -1.90. The first-order valence-corrected chi connectivity index (χ1v) is 6.86. The van der Waals surface area contributed by atoms with Crippen LogP contribution in [0.25, 0.3) is 0 Å². The van der Waals surface area contributed by atoms with Crippen molar-refractivity contribution >= 4 is 22.6 Å². The Morgan fingerprint density at radius 3 is 1.89 bits per heavy atom. The van der Waals surface area contributed by atoms with E-state index in [4.69, 9.17) is 4.74 Å². The molecule has 0 aromatic heterocycles. The highest BCUT2D eigenvalue weighted by Gasteiger charge is 1.91. The molecule has 0 fully saturated rings. The largest absolute Gasteiger partial charge is 0.494 e. The van der Waals surface area contributed by atoms with E-state index in [9.17, 15) is 0 Å². The van der Waals surface area contributed by atoms with E-state index >= 15 is 0 Å². The molecule has 0 heterocycles. The van der Waals surface area contributed by atoms with E-state index in [0.29, 0.717) is 6.61 Å². The van der Waals surface area contributed by atoms with Crippen LogP contribution in [0.3, 0.4) is 0 Å². The molecule has 2 aromatic rings. The molecule has 0 aliphatic heterocycles. The van der Waals surface area contributed by atoms with Gasteiger partial charge in [-0.15, -0.1) is 0 Å². The fourth-order valence-corrected chi connectivity index (χ4v) is 1.84. The summed E-state index contributed by atoms with van der Waals surface area (Å²) in [5, 5.41) is 0. The maximum atomic E-state index is 5.39. The molecule has 0 bridgehead atoms. The standard InChI is InChI=1S/C16H13IO/c1-2-18-16-11-7-14(8-12-16)4-3-13-5-9-15(17)10-6-13/h5-12H,2H2,1H3. The number of hydrogen-bond acceptors (Lipinski definition) is 1. The average Bonchev–Trinajstić information content (AvgIpc) is 2.40. The van der Waals surface area contributed by atoms with Gasteiger partial charge in [0.25, 0.3) is 0 Å². The van der Waals surface area contributed by atoms with Crippen LogP contribution in [0.2, 0.25) is 0 Å². The fourth-order valence-electron chi connectivity index (χ4n) is 1.48. The number of rotatable bonds is 2. The van der Waals surface area contributed by atoms with Crippen molar-refractivity contribution in [3.63, 3.8) is 0 Å². The number of benzene rings is 2. The maximum Gasteiger partial charge on any atom is 0.119 e. The first kappa shape index (κ1) is 13.0. The number of halogens is 1. The molecule has 0 unspecified atom stereocenters. The van der Waals surface area contributed by atoms with Gasteiger partial charge in [0.05, 0.1) is 6.61 Å². The van der Waals surface area contributed by atoms with Gasteiger partial charge in [0, 0.05) is 14.7 Å². The Morgan fingerprint density at radius 1 is 0.889 bits per heavy atom. The van der Waals surface area contributed by atoms with E-state index in [2.05, 4.69) is 46.6 Å². The predicted molar refractivity (Wildman–Crippen MR) is 82.8 cm³/mol. The summed E-state index contributed by atoms with van der Waals surface area (Å²) in [6.45, 7) is 2.66. The van der Waals surface area contributed by atoms with Crippen molar-refractivity contribution in [2.75, 3.05) is 6.61 Å². The molecule has 0 aliphatic rings. The Kier molecular flexibility index (Phi) is 4.66. The second-order valence-corrected chi connectivity index (χ2v) is 4.96. The molecule has 0 aliphatic carbocycles. The van der Waals surface area contributed by atoms with Crippen molar-refractivity contribution in [1.82, 2.24) is 0 Å². The molecule has 2 heteroatoms. The van der Waals surface area contributed by atoms with Gasteiger partial charge in [-0.2, -0.15) is 0 Å². The maximum absolute atomic E-state index is 5.39. The van der Waals surface area contributed by atoms with Gasteiger partial charge in [0.2, 0.25) is 0 Å². The van der Waals surface area contributed by atoms with Crippen LogP contribution in [0, 0.1) is 15.4 Å².